The molecule has 0 saturated carbocycles. The molecule has 2 rings (SSSR count). The molecule has 0 aliphatic heterocycles. The number of hydrogen-bond acceptors (Lipinski definition) is 4. The molecular formula is C14H17N3O2S. The van der Waals surface area contributed by atoms with E-state index in [0.29, 0.717) is 13.0 Å². The van der Waals surface area contributed by atoms with Gasteiger partial charge >= 0.3 is 0 Å². The molecule has 20 heavy (non-hydrogen) atoms. The number of rotatable bonds is 6. The van der Waals surface area contributed by atoms with Gasteiger partial charge in [0.25, 0.3) is 0 Å². The third-order valence-electron chi connectivity index (χ3n) is 2.91. The van der Waals surface area contributed by atoms with Crippen LogP contribution in [0.15, 0.2) is 53.7 Å². The summed E-state index contributed by atoms with van der Waals surface area (Å²) in [5.41, 5.74) is 1.92. The SMILES string of the molecule is CNc1ccc(S(=O)(=O)NCCc2ccncc2)cc1. The average molecular weight is 291 g/mol. The summed E-state index contributed by atoms with van der Waals surface area (Å²) in [6.45, 7) is 0.361. The van der Waals surface area contributed by atoms with E-state index >= 15 is 0 Å². The number of benzene rings is 1. The molecule has 1 aromatic carbocycles. The van der Waals surface area contributed by atoms with Gasteiger partial charge in [-0.25, -0.2) is 13.1 Å². The van der Waals surface area contributed by atoms with Gasteiger partial charge in [-0.05, 0) is 48.4 Å². The van der Waals surface area contributed by atoms with Crippen molar-refractivity contribution in [2.75, 3.05) is 18.9 Å². The lowest BCUT2D eigenvalue weighted by atomic mass is 10.2. The van der Waals surface area contributed by atoms with Crippen LogP contribution in [0.5, 0.6) is 0 Å². The average Bonchev–Trinajstić information content (AvgIpc) is 2.48. The van der Waals surface area contributed by atoms with E-state index < -0.39 is 10.0 Å². The van der Waals surface area contributed by atoms with Gasteiger partial charge in [0.15, 0.2) is 0 Å². The van der Waals surface area contributed by atoms with Crippen LogP contribution < -0.4 is 10.0 Å². The lowest BCUT2D eigenvalue weighted by Gasteiger charge is -2.07. The first-order valence-electron chi connectivity index (χ1n) is 6.28. The Morgan fingerprint density at radius 3 is 2.30 bits per heavy atom. The van der Waals surface area contributed by atoms with E-state index in [-0.39, 0.29) is 4.90 Å². The number of pyridine rings is 1. The molecule has 0 aliphatic rings. The normalized spacial score (nSPS) is 11.2. The molecule has 5 nitrogen and oxygen atoms in total. The third kappa shape index (κ3) is 3.79. The minimum absolute atomic E-state index is 0.270. The van der Waals surface area contributed by atoms with Crippen molar-refractivity contribution in [3.05, 3.63) is 54.4 Å². The highest BCUT2D eigenvalue weighted by atomic mass is 32.2. The van der Waals surface area contributed by atoms with Crippen LogP contribution in [-0.2, 0) is 16.4 Å². The first kappa shape index (κ1) is 14.5. The molecule has 0 atom stereocenters. The summed E-state index contributed by atoms with van der Waals surface area (Å²) >= 11 is 0. The molecule has 6 heteroatoms. The maximum absolute atomic E-state index is 12.1. The second-order valence-electron chi connectivity index (χ2n) is 4.28. The fourth-order valence-electron chi connectivity index (χ4n) is 1.76. The lowest BCUT2D eigenvalue weighted by Crippen LogP contribution is -2.26. The first-order chi connectivity index (χ1) is 9.62. The van der Waals surface area contributed by atoms with Crippen molar-refractivity contribution in [3.63, 3.8) is 0 Å². The maximum atomic E-state index is 12.1. The first-order valence-corrected chi connectivity index (χ1v) is 7.76. The fraction of sp³-hybridized carbons (Fsp3) is 0.214. The molecular weight excluding hydrogens is 274 g/mol. The van der Waals surface area contributed by atoms with Crippen molar-refractivity contribution in [1.82, 2.24) is 9.71 Å². The van der Waals surface area contributed by atoms with Crippen LogP contribution >= 0.6 is 0 Å². The summed E-state index contributed by atoms with van der Waals surface area (Å²) in [5.74, 6) is 0. The van der Waals surface area contributed by atoms with Crippen LogP contribution in [0.1, 0.15) is 5.56 Å². The molecule has 0 radical (unpaired) electrons. The number of hydrogen-bond donors (Lipinski definition) is 2. The Bertz CT molecular complexity index is 640. The molecule has 1 aromatic heterocycles. The Hall–Kier alpha value is -1.92. The van der Waals surface area contributed by atoms with Crippen molar-refractivity contribution in [2.24, 2.45) is 0 Å². The van der Waals surface area contributed by atoms with Gasteiger partial charge in [0.2, 0.25) is 10.0 Å². The van der Waals surface area contributed by atoms with Gasteiger partial charge < -0.3 is 5.32 Å². The van der Waals surface area contributed by atoms with Gasteiger partial charge in [0, 0.05) is 31.7 Å². The summed E-state index contributed by atoms with van der Waals surface area (Å²) in [6, 6.07) is 10.4. The van der Waals surface area contributed by atoms with Crippen molar-refractivity contribution >= 4 is 15.7 Å². The molecule has 0 amide bonds. The highest BCUT2D eigenvalue weighted by Gasteiger charge is 2.12. The highest BCUT2D eigenvalue weighted by Crippen LogP contribution is 2.13. The Balaban J connectivity index is 1.96. The van der Waals surface area contributed by atoms with E-state index in [4.69, 9.17) is 0 Å². The zero-order chi connectivity index (χ0) is 14.4. The van der Waals surface area contributed by atoms with Gasteiger partial charge in [-0.1, -0.05) is 0 Å². The van der Waals surface area contributed by atoms with E-state index in [0.717, 1.165) is 11.3 Å². The van der Waals surface area contributed by atoms with E-state index in [1.807, 2.05) is 12.1 Å². The Morgan fingerprint density at radius 2 is 1.70 bits per heavy atom. The molecule has 0 fully saturated rings. The standard InChI is InChI=1S/C14H17N3O2S/c1-15-13-2-4-14(5-3-13)20(18,19)17-11-8-12-6-9-16-10-7-12/h2-7,9-10,15,17H,8,11H2,1H3. The van der Waals surface area contributed by atoms with Gasteiger partial charge in [0.05, 0.1) is 4.90 Å². The van der Waals surface area contributed by atoms with Crippen LogP contribution in [0.4, 0.5) is 5.69 Å². The van der Waals surface area contributed by atoms with Crippen molar-refractivity contribution in [2.45, 2.75) is 11.3 Å². The van der Waals surface area contributed by atoms with Crippen LogP contribution in [0.25, 0.3) is 0 Å². The third-order valence-corrected chi connectivity index (χ3v) is 4.39. The highest BCUT2D eigenvalue weighted by molar-refractivity contribution is 7.89. The van der Waals surface area contributed by atoms with Crippen LogP contribution in [0, 0.1) is 0 Å². The molecule has 0 bridgehead atoms. The number of nitrogens with zero attached hydrogens (tertiary/aromatic N) is 1. The molecule has 106 valence electrons. The molecule has 2 aromatic rings. The van der Waals surface area contributed by atoms with Gasteiger partial charge in [0.1, 0.15) is 0 Å². The summed E-state index contributed by atoms with van der Waals surface area (Å²) in [5, 5.41) is 2.95. The van der Waals surface area contributed by atoms with Crippen LogP contribution in [0.3, 0.4) is 0 Å². The summed E-state index contributed by atoms with van der Waals surface area (Å²) in [7, 11) is -1.66. The summed E-state index contributed by atoms with van der Waals surface area (Å²) < 4.78 is 26.7. The van der Waals surface area contributed by atoms with E-state index in [1.54, 1.807) is 43.7 Å². The second kappa shape index (κ2) is 6.49. The summed E-state index contributed by atoms with van der Waals surface area (Å²) in [6.07, 6.45) is 4.02. The van der Waals surface area contributed by atoms with E-state index in [1.165, 1.54) is 0 Å². The maximum Gasteiger partial charge on any atom is 0.240 e. The van der Waals surface area contributed by atoms with Gasteiger partial charge in [-0.15, -0.1) is 0 Å². The predicted molar refractivity (Wildman–Crippen MR) is 79.1 cm³/mol. The molecule has 0 spiro atoms. The Kier molecular flexibility index (Phi) is 4.70. The minimum Gasteiger partial charge on any atom is -0.388 e. The Morgan fingerprint density at radius 1 is 1.05 bits per heavy atom. The zero-order valence-electron chi connectivity index (χ0n) is 11.2. The van der Waals surface area contributed by atoms with Crippen molar-refractivity contribution in [3.8, 4) is 0 Å². The summed E-state index contributed by atoms with van der Waals surface area (Å²) in [4.78, 5) is 4.19. The minimum atomic E-state index is -3.45. The second-order valence-corrected chi connectivity index (χ2v) is 6.04. The Labute approximate surface area is 119 Å². The van der Waals surface area contributed by atoms with Crippen molar-refractivity contribution < 1.29 is 8.42 Å². The molecule has 1 heterocycles. The van der Waals surface area contributed by atoms with Crippen LogP contribution in [-0.4, -0.2) is 27.0 Å². The molecule has 0 unspecified atom stereocenters. The van der Waals surface area contributed by atoms with E-state index in [9.17, 15) is 8.42 Å². The van der Waals surface area contributed by atoms with Crippen molar-refractivity contribution in [1.29, 1.82) is 0 Å². The predicted octanol–water partition coefficient (Wildman–Crippen LogP) is 1.64. The molecule has 0 saturated heterocycles. The number of aromatic nitrogens is 1. The molecule has 0 aliphatic carbocycles. The number of nitrogens with one attached hydrogen (secondary N) is 2. The van der Waals surface area contributed by atoms with E-state index in [2.05, 4.69) is 15.0 Å². The van der Waals surface area contributed by atoms with Gasteiger partial charge in [-0.2, -0.15) is 0 Å². The quantitative estimate of drug-likeness (QED) is 0.849. The monoisotopic (exact) mass is 291 g/mol. The fourth-order valence-corrected chi connectivity index (χ4v) is 2.80. The smallest absolute Gasteiger partial charge is 0.240 e. The largest absolute Gasteiger partial charge is 0.388 e. The topological polar surface area (TPSA) is 71.1 Å². The number of sulfonamides is 1. The van der Waals surface area contributed by atoms with Crippen LogP contribution in [0.2, 0.25) is 0 Å². The molecule has 2 N–H and O–H groups in total. The lowest BCUT2D eigenvalue weighted by molar-refractivity contribution is 0.581. The zero-order valence-corrected chi connectivity index (χ0v) is 12.0. The number of anilines is 1. The van der Waals surface area contributed by atoms with Gasteiger partial charge in [-0.3, -0.25) is 4.98 Å².